The molecule has 0 aliphatic heterocycles. The Morgan fingerprint density at radius 1 is 1.13 bits per heavy atom. The zero-order valence-electron chi connectivity index (χ0n) is 12.6. The van der Waals surface area contributed by atoms with Gasteiger partial charge in [0.2, 0.25) is 0 Å². The van der Waals surface area contributed by atoms with Crippen molar-refractivity contribution in [2.75, 3.05) is 7.11 Å². The predicted octanol–water partition coefficient (Wildman–Crippen LogP) is 4.38. The summed E-state index contributed by atoms with van der Waals surface area (Å²) >= 11 is 0. The molecular formula is C17H15F3O3. The number of esters is 1. The summed E-state index contributed by atoms with van der Waals surface area (Å²) in [4.78, 5) is 11.6. The van der Waals surface area contributed by atoms with Gasteiger partial charge in [-0.1, -0.05) is 30.3 Å². The molecule has 2 rings (SSSR count). The van der Waals surface area contributed by atoms with E-state index >= 15 is 0 Å². The summed E-state index contributed by atoms with van der Waals surface area (Å²) in [6.07, 6.45) is -4.64. The summed E-state index contributed by atoms with van der Waals surface area (Å²) in [6.45, 7) is 1.53. The number of halogens is 3. The molecule has 0 unspecified atom stereocenters. The van der Waals surface area contributed by atoms with E-state index in [1.807, 2.05) is 0 Å². The van der Waals surface area contributed by atoms with Crippen LogP contribution in [0, 0.1) is 6.92 Å². The molecule has 0 N–H and O–H groups in total. The molecule has 0 atom stereocenters. The molecule has 0 amide bonds. The minimum Gasteiger partial charge on any atom is -0.488 e. The summed E-state index contributed by atoms with van der Waals surface area (Å²) in [6, 6.07) is 10.8. The van der Waals surface area contributed by atoms with E-state index in [9.17, 15) is 18.0 Å². The maximum Gasteiger partial charge on any atom is 0.419 e. The van der Waals surface area contributed by atoms with Crippen LogP contribution in [-0.2, 0) is 17.5 Å². The lowest BCUT2D eigenvalue weighted by Gasteiger charge is -2.16. The molecule has 6 heteroatoms. The van der Waals surface area contributed by atoms with Gasteiger partial charge in [-0.05, 0) is 30.2 Å². The van der Waals surface area contributed by atoms with E-state index in [0.29, 0.717) is 5.56 Å². The summed E-state index contributed by atoms with van der Waals surface area (Å²) in [5.74, 6) is -1.13. The van der Waals surface area contributed by atoms with E-state index in [2.05, 4.69) is 4.74 Å². The fourth-order valence-corrected chi connectivity index (χ4v) is 2.09. The molecule has 0 heterocycles. The highest BCUT2D eigenvalue weighted by atomic mass is 19.4. The lowest BCUT2D eigenvalue weighted by molar-refractivity contribution is -0.139. The third kappa shape index (κ3) is 4.03. The fourth-order valence-electron chi connectivity index (χ4n) is 2.09. The number of hydrogen-bond acceptors (Lipinski definition) is 3. The van der Waals surface area contributed by atoms with Gasteiger partial charge in [0.1, 0.15) is 12.4 Å². The lowest BCUT2D eigenvalue weighted by atomic mass is 10.0. The molecule has 0 spiro atoms. The Kier molecular flexibility index (Phi) is 4.93. The molecule has 3 nitrogen and oxygen atoms in total. The van der Waals surface area contributed by atoms with Gasteiger partial charge in [0.15, 0.2) is 0 Å². The molecule has 0 bridgehead atoms. The maximum absolute atomic E-state index is 13.2. The van der Waals surface area contributed by atoms with E-state index in [0.717, 1.165) is 18.7 Å². The zero-order valence-corrected chi connectivity index (χ0v) is 12.6. The van der Waals surface area contributed by atoms with Crippen LogP contribution in [-0.4, -0.2) is 13.1 Å². The molecule has 0 aliphatic carbocycles. The second-order valence-electron chi connectivity index (χ2n) is 4.93. The second-order valence-corrected chi connectivity index (χ2v) is 4.93. The zero-order chi connectivity index (χ0) is 17.0. The number of hydrogen-bond donors (Lipinski definition) is 0. The fraction of sp³-hybridized carbons (Fsp3) is 0.235. The van der Waals surface area contributed by atoms with Gasteiger partial charge in [0, 0.05) is 0 Å². The Morgan fingerprint density at radius 2 is 1.78 bits per heavy atom. The van der Waals surface area contributed by atoms with Gasteiger partial charge in [-0.3, -0.25) is 0 Å². The number of alkyl halides is 3. The predicted molar refractivity (Wildman–Crippen MR) is 78.3 cm³/mol. The highest BCUT2D eigenvalue weighted by Gasteiger charge is 2.36. The third-order valence-corrected chi connectivity index (χ3v) is 3.27. The molecule has 0 saturated heterocycles. The molecule has 0 saturated carbocycles. The van der Waals surface area contributed by atoms with Gasteiger partial charge in [-0.15, -0.1) is 0 Å². The average Bonchev–Trinajstić information content (AvgIpc) is 2.52. The van der Waals surface area contributed by atoms with Gasteiger partial charge in [0.25, 0.3) is 0 Å². The number of methoxy groups -OCH3 is 1. The number of benzene rings is 2. The van der Waals surface area contributed by atoms with Gasteiger partial charge in [0.05, 0.1) is 18.2 Å². The van der Waals surface area contributed by atoms with Crippen LogP contribution in [0.2, 0.25) is 0 Å². The Morgan fingerprint density at radius 3 is 2.35 bits per heavy atom. The van der Waals surface area contributed by atoms with E-state index < -0.39 is 17.7 Å². The van der Waals surface area contributed by atoms with Crippen LogP contribution in [0.3, 0.4) is 0 Å². The molecule has 0 radical (unpaired) electrons. The molecule has 2 aromatic carbocycles. The Balaban J connectivity index is 2.38. The Bertz CT molecular complexity index is 694. The molecule has 122 valence electrons. The maximum atomic E-state index is 13.2. The van der Waals surface area contributed by atoms with Crippen LogP contribution in [0.1, 0.15) is 27.0 Å². The van der Waals surface area contributed by atoms with Gasteiger partial charge in [-0.25, -0.2) is 4.79 Å². The van der Waals surface area contributed by atoms with E-state index in [-0.39, 0.29) is 17.9 Å². The first-order valence-electron chi connectivity index (χ1n) is 6.80. The number of aryl methyl sites for hydroxylation is 1. The topological polar surface area (TPSA) is 35.5 Å². The number of carbonyl (C=O) groups is 1. The van der Waals surface area contributed by atoms with Crippen molar-refractivity contribution in [1.29, 1.82) is 0 Å². The Labute approximate surface area is 131 Å². The summed E-state index contributed by atoms with van der Waals surface area (Å²) in [5.41, 5.74) is -0.0328. The van der Waals surface area contributed by atoms with Crippen LogP contribution in [0.4, 0.5) is 13.2 Å². The number of rotatable bonds is 4. The monoisotopic (exact) mass is 324 g/mol. The quantitative estimate of drug-likeness (QED) is 0.783. The second kappa shape index (κ2) is 6.73. The molecule has 0 aliphatic rings. The van der Waals surface area contributed by atoms with Crippen molar-refractivity contribution < 1.29 is 27.4 Å². The van der Waals surface area contributed by atoms with Crippen molar-refractivity contribution in [3.63, 3.8) is 0 Å². The van der Waals surface area contributed by atoms with Gasteiger partial charge >= 0.3 is 12.1 Å². The first-order chi connectivity index (χ1) is 10.8. The number of carbonyl (C=O) groups excluding carboxylic acids is 1. The van der Waals surface area contributed by atoms with Crippen LogP contribution in [0.25, 0.3) is 0 Å². The smallest absolute Gasteiger partial charge is 0.419 e. The van der Waals surface area contributed by atoms with Crippen LogP contribution in [0.5, 0.6) is 5.75 Å². The number of ether oxygens (including phenoxy) is 2. The van der Waals surface area contributed by atoms with E-state index in [1.54, 1.807) is 30.3 Å². The van der Waals surface area contributed by atoms with Gasteiger partial charge in [-0.2, -0.15) is 13.2 Å². The van der Waals surface area contributed by atoms with Crippen LogP contribution < -0.4 is 4.74 Å². The van der Waals surface area contributed by atoms with Crippen molar-refractivity contribution in [1.82, 2.24) is 0 Å². The normalized spacial score (nSPS) is 11.2. The van der Waals surface area contributed by atoms with Gasteiger partial charge < -0.3 is 9.47 Å². The first-order valence-corrected chi connectivity index (χ1v) is 6.80. The first kappa shape index (κ1) is 16.9. The van der Waals surface area contributed by atoms with E-state index in [1.165, 1.54) is 13.0 Å². The molecule has 0 fully saturated rings. The minimum absolute atomic E-state index is 0.000923. The third-order valence-electron chi connectivity index (χ3n) is 3.27. The summed E-state index contributed by atoms with van der Waals surface area (Å²) in [5, 5.41) is 0. The summed E-state index contributed by atoms with van der Waals surface area (Å²) in [7, 11) is 1.12. The highest BCUT2D eigenvalue weighted by Crippen LogP contribution is 2.38. The Hall–Kier alpha value is -2.50. The molecular weight excluding hydrogens is 309 g/mol. The highest BCUT2D eigenvalue weighted by molar-refractivity contribution is 5.91. The van der Waals surface area contributed by atoms with Crippen molar-refractivity contribution >= 4 is 5.97 Å². The van der Waals surface area contributed by atoms with E-state index in [4.69, 9.17) is 4.74 Å². The standard InChI is InChI=1S/C17H15F3O3/c1-11-8-15(23-10-12-6-4-3-5-7-12)14(17(18,19)20)9-13(11)16(21)22-2/h3-9H,10H2,1-2H3. The van der Waals surface area contributed by atoms with Crippen molar-refractivity contribution in [2.45, 2.75) is 19.7 Å². The largest absolute Gasteiger partial charge is 0.488 e. The van der Waals surface area contributed by atoms with Crippen molar-refractivity contribution in [3.05, 3.63) is 64.7 Å². The van der Waals surface area contributed by atoms with Crippen molar-refractivity contribution in [3.8, 4) is 5.75 Å². The molecule has 0 aromatic heterocycles. The average molecular weight is 324 g/mol. The molecule has 2 aromatic rings. The van der Waals surface area contributed by atoms with Crippen molar-refractivity contribution in [2.24, 2.45) is 0 Å². The van der Waals surface area contributed by atoms with Crippen LogP contribution in [0.15, 0.2) is 42.5 Å². The summed E-state index contributed by atoms with van der Waals surface area (Å²) < 4.78 is 49.5. The SMILES string of the molecule is COC(=O)c1cc(C(F)(F)F)c(OCc2ccccc2)cc1C. The lowest BCUT2D eigenvalue weighted by Crippen LogP contribution is -2.13. The molecule has 23 heavy (non-hydrogen) atoms. The minimum atomic E-state index is -4.64. The van der Waals surface area contributed by atoms with Crippen LogP contribution >= 0.6 is 0 Å².